The summed E-state index contributed by atoms with van der Waals surface area (Å²) in [5.74, 6) is 0.211. The summed E-state index contributed by atoms with van der Waals surface area (Å²) in [7, 11) is 0. The number of hydrogen-bond donors (Lipinski definition) is 1. The first-order valence-electron chi connectivity index (χ1n) is 9.47. The molecule has 1 N–H and O–H groups in total. The molecule has 3 heterocycles. The van der Waals surface area contributed by atoms with Crippen LogP contribution in [0.5, 0.6) is 0 Å². The van der Waals surface area contributed by atoms with Crippen molar-refractivity contribution in [2.45, 2.75) is 26.4 Å². The van der Waals surface area contributed by atoms with E-state index < -0.39 is 0 Å². The summed E-state index contributed by atoms with van der Waals surface area (Å²) in [6.07, 6.45) is 3.91. The second kappa shape index (κ2) is 8.69. The molecular weight excluding hydrogens is 385 g/mol. The van der Waals surface area contributed by atoms with E-state index in [1.54, 1.807) is 42.2 Å². The van der Waals surface area contributed by atoms with E-state index in [0.29, 0.717) is 17.9 Å². The standard InChI is InChI=1S/C22H20FN5O2/c1-15-10-19(27-30-15)13-25-22(29)14-28-20(11-16-2-4-18(23)5-3-16)12-21(26-28)17-6-8-24-9-7-17/h2-10,12H,11,13-14H2,1H3,(H,25,29). The maximum absolute atomic E-state index is 13.2. The second-order valence-corrected chi connectivity index (χ2v) is 6.92. The van der Waals surface area contributed by atoms with Crippen molar-refractivity contribution in [3.63, 3.8) is 0 Å². The number of pyridine rings is 1. The molecule has 7 nitrogen and oxygen atoms in total. The van der Waals surface area contributed by atoms with Gasteiger partial charge in [0, 0.05) is 36.1 Å². The normalized spacial score (nSPS) is 10.9. The number of aryl methyl sites for hydroxylation is 1. The van der Waals surface area contributed by atoms with Gasteiger partial charge in [-0.15, -0.1) is 0 Å². The molecule has 0 aliphatic rings. The van der Waals surface area contributed by atoms with Crippen LogP contribution in [0, 0.1) is 12.7 Å². The van der Waals surface area contributed by atoms with Gasteiger partial charge in [0.2, 0.25) is 5.91 Å². The second-order valence-electron chi connectivity index (χ2n) is 6.92. The Morgan fingerprint density at radius 1 is 1.13 bits per heavy atom. The lowest BCUT2D eigenvalue weighted by molar-refractivity contribution is -0.122. The number of halogens is 1. The highest BCUT2D eigenvalue weighted by Gasteiger charge is 2.14. The van der Waals surface area contributed by atoms with E-state index >= 15 is 0 Å². The molecule has 0 unspecified atom stereocenters. The van der Waals surface area contributed by atoms with Crippen molar-refractivity contribution in [2.75, 3.05) is 0 Å². The van der Waals surface area contributed by atoms with Crippen molar-refractivity contribution in [1.29, 1.82) is 0 Å². The SMILES string of the molecule is Cc1cc(CNC(=O)Cn2nc(-c3ccncc3)cc2Cc2ccc(F)cc2)no1. The Labute approximate surface area is 172 Å². The Bertz CT molecular complexity index is 1140. The molecule has 0 saturated carbocycles. The summed E-state index contributed by atoms with van der Waals surface area (Å²) >= 11 is 0. The van der Waals surface area contributed by atoms with Gasteiger partial charge in [-0.2, -0.15) is 5.10 Å². The highest BCUT2D eigenvalue weighted by molar-refractivity contribution is 5.75. The molecule has 152 valence electrons. The number of nitrogens with zero attached hydrogens (tertiary/aromatic N) is 4. The topological polar surface area (TPSA) is 85.8 Å². The molecule has 0 aliphatic heterocycles. The molecule has 3 aromatic heterocycles. The van der Waals surface area contributed by atoms with Crippen molar-refractivity contribution < 1.29 is 13.7 Å². The average Bonchev–Trinajstić information content (AvgIpc) is 3.35. The molecule has 0 bridgehead atoms. The number of carbonyl (C=O) groups is 1. The fourth-order valence-corrected chi connectivity index (χ4v) is 3.09. The van der Waals surface area contributed by atoms with Crippen molar-refractivity contribution in [1.82, 2.24) is 25.2 Å². The summed E-state index contributed by atoms with van der Waals surface area (Å²) in [5.41, 5.74) is 4.08. The van der Waals surface area contributed by atoms with Gasteiger partial charge >= 0.3 is 0 Å². The molecule has 4 rings (SSSR count). The van der Waals surface area contributed by atoms with Crippen LogP contribution < -0.4 is 5.32 Å². The first-order valence-corrected chi connectivity index (χ1v) is 9.47. The number of benzene rings is 1. The Hall–Kier alpha value is -3.81. The lowest BCUT2D eigenvalue weighted by atomic mass is 10.1. The fourth-order valence-electron chi connectivity index (χ4n) is 3.09. The van der Waals surface area contributed by atoms with Crippen LogP contribution in [-0.2, 0) is 24.3 Å². The van der Waals surface area contributed by atoms with Crippen LogP contribution in [0.25, 0.3) is 11.3 Å². The first kappa shape index (κ1) is 19.5. The smallest absolute Gasteiger partial charge is 0.242 e. The number of hydrogen-bond acceptors (Lipinski definition) is 5. The third-order valence-corrected chi connectivity index (χ3v) is 4.57. The molecule has 30 heavy (non-hydrogen) atoms. The van der Waals surface area contributed by atoms with Crippen LogP contribution in [0.15, 0.2) is 65.4 Å². The van der Waals surface area contributed by atoms with Gasteiger partial charge < -0.3 is 9.84 Å². The number of rotatable bonds is 7. The summed E-state index contributed by atoms with van der Waals surface area (Å²) in [5, 5.41) is 11.3. The third kappa shape index (κ3) is 4.78. The number of nitrogens with one attached hydrogen (secondary N) is 1. The van der Waals surface area contributed by atoms with Crippen LogP contribution in [0.4, 0.5) is 4.39 Å². The number of carbonyl (C=O) groups excluding carboxylic acids is 1. The van der Waals surface area contributed by atoms with E-state index in [-0.39, 0.29) is 24.8 Å². The van der Waals surface area contributed by atoms with Crippen molar-refractivity contribution in [2.24, 2.45) is 0 Å². The molecule has 0 saturated heterocycles. The lowest BCUT2D eigenvalue weighted by Gasteiger charge is -2.08. The predicted octanol–water partition coefficient (Wildman–Crippen LogP) is 3.29. The Morgan fingerprint density at radius 2 is 1.90 bits per heavy atom. The molecule has 1 amide bonds. The molecule has 0 fully saturated rings. The maximum atomic E-state index is 13.2. The summed E-state index contributed by atoms with van der Waals surface area (Å²) in [6, 6.07) is 13.7. The van der Waals surface area contributed by atoms with Crippen LogP contribution in [0.1, 0.15) is 22.7 Å². The van der Waals surface area contributed by atoms with Crippen LogP contribution >= 0.6 is 0 Å². The van der Waals surface area contributed by atoms with Crippen molar-refractivity contribution in [3.05, 3.63) is 89.5 Å². The third-order valence-electron chi connectivity index (χ3n) is 4.57. The highest BCUT2D eigenvalue weighted by atomic mass is 19.1. The summed E-state index contributed by atoms with van der Waals surface area (Å²) in [4.78, 5) is 16.5. The minimum Gasteiger partial charge on any atom is -0.361 e. The molecule has 1 aromatic carbocycles. The highest BCUT2D eigenvalue weighted by Crippen LogP contribution is 2.20. The largest absolute Gasteiger partial charge is 0.361 e. The first-order chi connectivity index (χ1) is 14.6. The van der Waals surface area contributed by atoms with Gasteiger partial charge in [-0.3, -0.25) is 14.5 Å². The Balaban J connectivity index is 1.53. The minimum atomic E-state index is -0.285. The van der Waals surface area contributed by atoms with Crippen LogP contribution in [0.3, 0.4) is 0 Å². The van der Waals surface area contributed by atoms with Crippen molar-refractivity contribution >= 4 is 5.91 Å². The van der Waals surface area contributed by atoms with E-state index in [2.05, 4.69) is 20.6 Å². The van der Waals surface area contributed by atoms with Gasteiger partial charge in [0.05, 0.1) is 12.2 Å². The maximum Gasteiger partial charge on any atom is 0.242 e. The molecule has 4 aromatic rings. The molecule has 8 heteroatoms. The zero-order chi connectivity index (χ0) is 20.9. The number of aromatic nitrogens is 4. The van der Waals surface area contributed by atoms with Gasteiger partial charge in [-0.05, 0) is 42.8 Å². The van der Waals surface area contributed by atoms with Gasteiger partial charge in [0.25, 0.3) is 0 Å². The molecule has 0 spiro atoms. The zero-order valence-corrected chi connectivity index (χ0v) is 16.4. The van der Waals surface area contributed by atoms with Gasteiger partial charge in [0.1, 0.15) is 23.8 Å². The van der Waals surface area contributed by atoms with E-state index in [9.17, 15) is 9.18 Å². The average molecular weight is 405 g/mol. The van der Waals surface area contributed by atoms with E-state index in [1.165, 1.54) is 12.1 Å². The monoisotopic (exact) mass is 405 g/mol. The minimum absolute atomic E-state index is 0.0540. The lowest BCUT2D eigenvalue weighted by Crippen LogP contribution is -2.28. The summed E-state index contributed by atoms with van der Waals surface area (Å²) in [6.45, 7) is 2.13. The van der Waals surface area contributed by atoms with Gasteiger partial charge in [0.15, 0.2) is 0 Å². The van der Waals surface area contributed by atoms with E-state index in [0.717, 1.165) is 22.5 Å². The summed E-state index contributed by atoms with van der Waals surface area (Å²) < 4.78 is 19.9. The molecule has 0 aliphatic carbocycles. The van der Waals surface area contributed by atoms with Gasteiger partial charge in [-0.25, -0.2) is 4.39 Å². The fraction of sp³-hybridized carbons (Fsp3) is 0.182. The quantitative estimate of drug-likeness (QED) is 0.510. The number of amides is 1. The predicted molar refractivity (Wildman–Crippen MR) is 108 cm³/mol. The van der Waals surface area contributed by atoms with E-state index in [1.807, 2.05) is 18.2 Å². The van der Waals surface area contributed by atoms with Crippen LogP contribution in [-0.4, -0.2) is 25.8 Å². The van der Waals surface area contributed by atoms with E-state index in [4.69, 9.17) is 4.52 Å². The van der Waals surface area contributed by atoms with Crippen LogP contribution in [0.2, 0.25) is 0 Å². The zero-order valence-electron chi connectivity index (χ0n) is 16.4. The van der Waals surface area contributed by atoms with Crippen molar-refractivity contribution in [3.8, 4) is 11.3 Å². The molecule has 0 radical (unpaired) electrons. The van der Waals surface area contributed by atoms with Gasteiger partial charge in [-0.1, -0.05) is 17.3 Å². The molecule has 0 atom stereocenters. The molecular formula is C22H20FN5O2. The Kier molecular flexibility index (Phi) is 5.65. The Morgan fingerprint density at radius 3 is 2.60 bits per heavy atom.